The summed E-state index contributed by atoms with van der Waals surface area (Å²) >= 11 is 2.14. The number of carbonyl (C=O) groups excluding carboxylic acids is 1. The predicted octanol–water partition coefficient (Wildman–Crippen LogP) is 5.18. The summed E-state index contributed by atoms with van der Waals surface area (Å²) in [6.07, 6.45) is 8.40. The second-order valence-electron chi connectivity index (χ2n) is 13.2. The summed E-state index contributed by atoms with van der Waals surface area (Å²) in [6.45, 7) is 19.6. The number of allylic oxidation sites excluding steroid dienone is 1. The van der Waals surface area contributed by atoms with Gasteiger partial charge in [-0.15, -0.1) is 0 Å². The van der Waals surface area contributed by atoms with Crippen LogP contribution in [0.25, 0.3) is 0 Å². The van der Waals surface area contributed by atoms with Gasteiger partial charge in [0.25, 0.3) is 5.91 Å². The molecule has 3 heterocycles. The molecule has 1 unspecified atom stereocenters. The Morgan fingerprint density at radius 2 is 1.79 bits per heavy atom. The lowest BCUT2D eigenvalue weighted by Gasteiger charge is -2.52. The Hall–Kier alpha value is -1.65. The molecule has 9 heteroatoms. The van der Waals surface area contributed by atoms with E-state index in [4.69, 9.17) is 5.84 Å². The fourth-order valence-corrected chi connectivity index (χ4v) is 7.83. The fourth-order valence-electron chi connectivity index (χ4n) is 6.64. The Morgan fingerprint density at radius 3 is 2.31 bits per heavy atom. The number of rotatable bonds is 8. The second-order valence-corrected chi connectivity index (χ2v) is 14.6. The van der Waals surface area contributed by atoms with Crippen LogP contribution in [-0.2, 0) is 4.79 Å². The zero-order chi connectivity index (χ0) is 30.3. The molecule has 236 valence electrons. The highest BCUT2D eigenvalue weighted by atomic mass is 32.2. The van der Waals surface area contributed by atoms with Crippen LogP contribution in [0, 0.1) is 18.7 Å². The van der Waals surface area contributed by atoms with Crippen molar-refractivity contribution in [3.05, 3.63) is 46.9 Å². The third-order valence-electron chi connectivity index (χ3n) is 9.81. The van der Waals surface area contributed by atoms with Gasteiger partial charge in [-0.05, 0) is 96.3 Å². The number of nitrogens with one attached hydrogen (secondary N) is 1. The number of halogens is 1. The highest BCUT2D eigenvalue weighted by Gasteiger charge is 2.40. The van der Waals surface area contributed by atoms with Crippen LogP contribution in [0.4, 0.5) is 4.39 Å². The number of piperazine rings is 1. The smallest absolute Gasteiger partial charge is 0.251 e. The van der Waals surface area contributed by atoms with Crippen molar-refractivity contribution in [2.75, 3.05) is 52.4 Å². The molecule has 5 rings (SSSR count). The molecule has 3 N–H and O–H groups in total. The molecule has 0 aromatic heterocycles. The average molecular weight is 603 g/mol. The van der Waals surface area contributed by atoms with Gasteiger partial charge >= 0.3 is 0 Å². The SMILES string of the molecule is CC/C(C(=O)N1CCC(C)(N2CCN(CC3CCN(SC4CC4)CC3)C(C)C2)CC1)=C(/C)NN.Cc1cccc(F)c1. The quantitative estimate of drug-likeness (QED) is 0.184. The number of nitrogens with zero attached hydrogens (tertiary/aromatic N) is 4. The number of hydrogen-bond donors (Lipinski definition) is 2. The number of piperidine rings is 2. The van der Waals surface area contributed by atoms with E-state index in [0.29, 0.717) is 12.5 Å². The third-order valence-corrected chi connectivity index (χ3v) is 11.2. The molecule has 1 amide bonds. The monoisotopic (exact) mass is 602 g/mol. The van der Waals surface area contributed by atoms with Gasteiger partial charge in [0.1, 0.15) is 5.82 Å². The van der Waals surface area contributed by atoms with Crippen molar-refractivity contribution in [3.8, 4) is 0 Å². The van der Waals surface area contributed by atoms with E-state index < -0.39 is 0 Å². The molecule has 3 saturated heterocycles. The number of benzene rings is 1. The van der Waals surface area contributed by atoms with Gasteiger partial charge in [0.05, 0.1) is 0 Å². The molecule has 7 nitrogen and oxygen atoms in total. The van der Waals surface area contributed by atoms with Crippen LogP contribution in [0.1, 0.15) is 78.2 Å². The van der Waals surface area contributed by atoms with E-state index in [-0.39, 0.29) is 17.3 Å². The molecule has 0 spiro atoms. The minimum atomic E-state index is -0.162. The zero-order valence-corrected chi connectivity index (χ0v) is 27.5. The molecule has 0 bridgehead atoms. The Kier molecular flexibility index (Phi) is 12.2. The van der Waals surface area contributed by atoms with Crippen molar-refractivity contribution in [2.45, 2.75) is 96.4 Å². The molecule has 1 saturated carbocycles. The first-order valence-electron chi connectivity index (χ1n) is 16.2. The Bertz CT molecular complexity index is 1030. The predicted molar refractivity (Wildman–Crippen MR) is 173 cm³/mol. The summed E-state index contributed by atoms with van der Waals surface area (Å²) in [6, 6.07) is 7.11. The largest absolute Gasteiger partial charge is 0.339 e. The van der Waals surface area contributed by atoms with Crippen LogP contribution in [-0.4, -0.2) is 94.1 Å². The number of nitrogens with two attached hydrogens (primary N) is 1. The van der Waals surface area contributed by atoms with E-state index in [1.807, 2.05) is 31.7 Å². The van der Waals surface area contributed by atoms with Gasteiger partial charge in [-0.3, -0.25) is 24.7 Å². The highest BCUT2D eigenvalue weighted by Crippen LogP contribution is 2.38. The van der Waals surface area contributed by atoms with Crippen molar-refractivity contribution >= 4 is 17.9 Å². The summed E-state index contributed by atoms with van der Waals surface area (Å²) in [4.78, 5) is 20.5. The lowest BCUT2D eigenvalue weighted by atomic mass is 9.86. The lowest BCUT2D eigenvalue weighted by molar-refractivity contribution is -0.130. The maximum Gasteiger partial charge on any atom is 0.251 e. The van der Waals surface area contributed by atoms with Gasteiger partial charge in [-0.25, -0.2) is 4.39 Å². The maximum absolute atomic E-state index is 13.0. The Morgan fingerprint density at radius 1 is 1.10 bits per heavy atom. The molecule has 3 aliphatic heterocycles. The number of hydrazine groups is 1. The van der Waals surface area contributed by atoms with Crippen LogP contribution in [0.3, 0.4) is 0 Å². The molecule has 4 fully saturated rings. The first kappa shape index (κ1) is 33.2. The summed E-state index contributed by atoms with van der Waals surface area (Å²) in [5.74, 6) is 6.43. The topological polar surface area (TPSA) is 68.1 Å². The first-order chi connectivity index (χ1) is 20.1. The summed E-state index contributed by atoms with van der Waals surface area (Å²) in [5, 5.41) is 0.938. The molecular weight excluding hydrogens is 547 g/mol. The standard InChI is InChI=1S/C26H48N6OS.C7H7F/c1-5-24(21(3)28-27)25(33)29-14-10-26(4,11-15-29)31-17-16-30(20(2)18-31)19-22-8-12-32(13-9-22)34-23-6-7-23;1-6-3-2-4-7(8)5-6/h20,22-23,28H,5-19,27H2,1-4H3;2-5H,1H3/b24-21+;. The van der Waals surface area contributed by atoms with Crippen molar-refractivity contribution in [1.29, 1.82) is 0 Å². The van der Waals surface area contributed by atoms with Crippen molar-refractivity contribution in [1.82, 2.24) is 24.4 Å². The van der Waals surface area contributed by atoms with E-state index in [2.05, 4.69) is 45.3 Å². The van der Waals surface area contributed by atoms with E-state index >= 15 is 0 Å². The van der Waals surface area contributed by atoms with Crippen molar-refractivity contribution in [2.24, 2.45) is 11.8 Å². The first-order valence-corrected chi connectivity index (χ1v) is 17.0. The fraction of sp³-hybridized carbons (Fsp3) is 0.727. The second kappa shape index (κ2) is 15.4. The minimum absolute atomic E-state index is 0.153. The highest BCUT2D eigenvalue weighted by molar-refractivity contribution is 7.97. The summed E-state index contributed by atoms with van der Waals surface area (Å²) in [7, 11) is 0. The molecule has 42 heavy (non-hydrogen) atoms. The zero-order valence-electron chi connectivity index (χ0n) is 26.7. The number of amides is 1. The van der Waals surface area contributed by atoms with Crippen LogP contribution >= 0.6 is 11.9 Å². The molecule has 1 aromatic rings. The van der Waals surface area contributed by atoms with E-state index in [0.717, 1.165) is 67.0 Å². The maximum atomic E-state index is 13.0. The van der Waals surface area contributed by atoms with Gasteiger partial charge in [0, 0.05) is 80.5 Å². The molecule has 1 aliphatic carbocycles. The van der Waals surface area contributed by atoms with Crippen molar-refractivity contribution < 1.29 is 9.18 Å². The van der Waals surface area contributed by atoms with Crippen molar-refractivity contribution in [3.63, 3.8) is 0 Å². The Labute approximate surface area is 258 Å². The van der Waals surface area contributed by atoms with Gasteiger partial charge < -0.3 is 10.3 Å². The number of carbonyl (C=O) groups is 1. The van der Waals surface area contributed by atoms with Crippen LogP contribution in [0.15, 0.2) is 35.5 Å². The minimum Gasteiger partial charge on any atom is -0.339 e. The summed E-state index contributed by atoms with van der Waals surface area (Å²) in [5.41, 5.74) is 5.43. The van der Waals surface area contributed by atoms with E-state index in [1.165, 1.54) is 64.0 Å². The number of likely N-dealkylation sites (tertiary alicyclic amines) is 1. The van der Waals surface area contributed by atoms with Crippen LogP contribution < -0.4 is 11.3 Å². The van der Waals surface area contributed by atoms with Gasteiger partial charge in [-0.1, -0.05) is 31.0 Å². The van der Waals surface area contributed by atoms with Gasteiger partial charge in [0.2, 0.25) is 0 Å². The third kappa shape index (κ3) is 9.18. The average Bonchev–Trinajstić information content (AvgIpc) is 3.80. The van der Waals surface area contributed by atoms with Crippen LogP contribution in [0.5, 0.6) is 0 Å². The Balaban J connectivity index is 0.000000437. The molecule has 0 radical (unpaired) electrons. The summed E-state index contributed by atoms with van der Waals surface area (Å²) < 4.78 is 14.8. The normalized spacial score (nSPS) is 24.9. The molecule has 1 aromatic carbocycles. The molecule has 1 atom stereocenters. The molecule has 4 aliphatic rings. The number of aryl methyl sites for hydroxylation is 1. The van der Waals surface area contributed by atoms with E-state index in [9.17, 15) is 9.18 Å². The number of hydrogen-bond acceptors (Lipinski definition) is 7. The van der Waals surface area contributed by atoms with Gasteiger partial charge in [0.15, 0.2) is 0 Å². The van der Waals surface area contributed by atoms with Gasteiger partial charge in [-0.2, -0.15) is 0 Å². The van der Waals surface area contributed by atoms with Crippen LogP contribution in [0.2, 0.25) is 0 Å². The lowest BCUT2D eigenvalue weighted by Crippen LogP contribution is -2.62. The van der Waals surface area contributed by atoms with E-state index in [1.54, 1.807) is 6.07 Å². The molecular formula is C33H55FN6OS.